The summed E-state index contributed by atoms with van der Waals surface area (Å²) in [4.78, 5) is 11.5. The van der Waals surface area contributed by atoms with Gasteiger partial charge in [-0.15, -0.1) is 0 Å². The third kappa shape index (κ3) is 1.35. The van der Waals surface area contributed by atoms with Gasteiger partial charge in [0, 0.05) is 30.1 Å². The second-order valence-electron chi connectivity index (χ2n) is 8.59. The molecule has 2 heterocycles. The highest BCUT2D eigenvalue weighted by atomic mass is 16.6. The molecule has 0 aromatic rings. The number of carbonyl (C=O) groups excluding carboxylic acids is 1. The molecule has 0 radical (unpaired) electrons. The number of aliphatic hydroxyl groups is 2. The molecule has 6 bridgehead atoms. The van der Waals surface area contributed by atoms with E-state index in [4.69, 9.17) is 9.47 Å². The summed E-state index contributed by atoms with van der Waals surface area (Å²) < 4.78 is 11.9. The Kier molecular flexibility index (Phi) is 2.63. The van der Waals surface area contributed by atoms with E-state index in [1.165, 1.54) is 6.92 Å². The Bertz CT molecular complexity index is 545. The zero-order valence-corrected chi connectivity index (χ0v) is 13.8. The molecule has 5 rings (SSSR count). The molecule has 5 nitrogen and oxygen atoms in total. The van der Waals surface area contributed by atoms with Crippen LogP contribution in [0.3, 0.4) is 0 Å². The number of carbonyl (C=O) groups is 1. The predicted molar refractivity (Wildman–Crippen MR) is 78.0 cm³/mol. The van der Waals surface area contributed by atoms with Crippen molar-refractivity contribution in [1.29, 1.82) is 0 Å². The van der Waals surface area contributed by atoms with Crippen molar-refractivity contribution in [3.05, 3.63) is 0 Å². The first kappa shape index (κ1) is 14.9. The van der Waals surface area contributed by atoms with Crippen molar-refractivity contribution in [3.63, 3.8) is 0 Å². The van der Waals surface area contributed by atoms with Gasteiger partial charge in [-0.3, -0.25) is 4.79 Å². The van der Waals surface area contributed by atoms with Crippen molar-refractivity contribution < 1.29 is 24.5 Å². The van der Waals surface area contributed by atoms with E-state index < -0.39 is 16.6 Å². The average molecular weight is 310 g/mol. The molecule has 0 aromatic heterocycles. The Morgan fingerprint density at radius 2 is 1.91 bits per heavy atom. The van der Waals surface area contributed by atoms with Crippen LogP contribution in [0.25, 0.3) is 0 Å². The zero-order chi connectivity index (χ0) is 16.1. The number of esters is 1. The molecular weight excluding hydrogens is 284 g/mol. The van der Waals surface area contributed by atoms with Crippen molar-refractivity contribution in [2.24, 2.45) is 16.7 Å². The van der Waals surface area contributed by atoms with Crippen LogP contribution in [0.1, 0.15) is 53.4 Å². The van der Waals surface area contributed by atoms with E-state index in [9.17, 15) is 15.0 Å². The monoisotopic (exact) mass is 310 g/mol. The smallest absolute Gasteiger partial charge is 0.302 e. The van der Waals surface area contributed by atoms with Gasteiger partial charge in [0.1, 0.15) is 11.7 Å². The van der Waals surface area contributed by atoms with Gasteiger partial charge in [0.25, 0.3) is 0 Å². The Morgan fingerprint density at radius 3 is 2.55 bits per heavy atom. The maximum Gasteiger partial charge on any atom is 0.302 e. The second-order valence-corrected chi connectivity index (χ2v) is 8.59. The van der Waals surface area contributed by atoms with E-state index in [1.807, 2.05) is 6.92 Å². The number of hydrogen-bond acceptors (Lipinski definition) is 5. The summed E-state index contributed by atoms with van der Waals surface area (Å²) in [5.41, 5.74) is -2.65. The number of hydrogen-bond donors (Lipinski definition) is 2. The highest BCUT2D eigenvalue weighted by molar-refractivity contribution is 5.66. The summed E-state index contributed by atoms with van der Waals surface area (Å²) in [6.07, 6.45) is 1.83. The molecule has 8 atom stereocenters. The summed E-state index contributed by atoms with van der Waals surface area (Å²) in [6.45, 7) is 7.48. The summed E-state index contributed by atoms with van der Waals surface area (Å²) in [5, 5.41) is 22.3. The summed E-state index contributed by atoms with van der Waals surface area (Å²) >= 11 is 0. The van der Waals surface area contributed by atoms with Crippen molar-refractivity contribution in [3.8, 4) is 0 Å². The molecule has 2 aliphatic heterocycles. The molecule has 2 N–H and O–H groups in total. The van der Waals surface area contributed by atoms with Crippen molar-refractivity contribution in [1.82, 2.24) is 0 Å². The van der Waals surface area contributed by atoms with Crippen LogP contribution in [-0.4, -0.2) is 45.7 Å². The van der Waals surface area contributed by atoms with Gasteiger partial charge in [0.05, 0.1) is 17.8 Å². The lowest BCUT2D eigenvalue weighted by Gasteiger charge is -2.71. The molecule has 3 aliphatic carbocycles. The van der Waals surface area contributed by atoms with E-state index in [1.54, 1.807) is 0 Å². The molecule has 124 valence electrons. The van der Waals surface area contributed by atoms with Crippen molar-refractivity contribution in [2.45, 2.75) is 82.9 Å². The maximum atomic E-state index is 11.5. The molecule has 2 saturated heterocycles. The Hall–Kier alpha value is -0.650. The van der Waals surface area contributed by atoms with Gasteiger partial charge in [-0.25, -0.2) is 0 Å². The largest absolute Gasteiger partial charge is 0.462 e. The molecule has 0 aromatic carbocycles. The number of ether oxygens (including phenoxy) is 2. The van der Waals surface area contributed by atoms with Crippen LogP contribution >= 0.6 is 0 Å². The van der Waals surface area contributed by atoms with Crippen LogP contribution in [0.4, 0.5) is 0 Å². The van der Waals surface area contributed by atoms with Crippen molar-refractivity contribution in [2.75, 3.05) is 0 Å². The van der Waals surface area contributed by atoms with Crippen LogP contribution in [0.2, 0.25) is 0 Å². The number of rotatable bonds is 1. The molecule has 5 aliphatic rings. The predicted octanol–water partition coefficient (Wildman–Crippen LogP) is 1.40. The fraction of sp³-hybridized carbons (Fsp3) is 0.941. The van der Waals surface area contributed by atoms with Crippen LogP contribution in [0.5, 0.6) is 0 Å². The SMILES string of the molecule is CC(=O)O[C@@H]1C[C@H]2O[C@@H]3[C@@H]4C[C@@]2(O)[C@@]1(C)[C@@]3(C)CC[C@]4(C)O. The fourth-order valence-electron chi connectivity index (χ4n) is 6.23. The van der Waals surface area contributed by atoms with Gasteiger partial charge in [-0.2, -0.15) is 0 Å². The Morgan fingerprint density at radius 1 is 1.23 bits per heavy atom. The third-order valence-corrected chi connectivity index (χ3v) is 7.78. The standard InChI is InChI=1S/C17H26O5/c1-9(18)21-11-7-12-17(20)8-10-13(22-12)14(2,16(11,17)4)5-6-15(10,3)19/h10-13,19-20H,5-8H2,1-4H3/t10-,11+,12+,13+,14-,15-,16+,17-/m0/s1. The van der Waals surface area contributed by atoms with Gasteiger partial charge in [0.2, 0.25) is 0 Å². The van der Waals surface area contributed by atoms with Gasteiger partial charge >= 0.3 is 5.97 Å². The summed E-state index contributed by atoms with van der Waals surface area (Å²) in [6, 6.07) is 0. The molecule has 0 unspecified atom stereocenters. The topological polar surface area (TPSA) is 76.0 Å². The maximum absolute atomic E-state index is 11.5. The Balaban J connectivity index is 1.85. The quantitative estimate of drug-likeness (QED) is 0.716. The molecule has 22 heavy (non-hydrogen) atoms. The average Bonchev–Trinajstić information content (AvgIpc) is 2.57. The van der Waals surface area contributed by atoms with Gasteiger partial charge < -0.3 is 19.7 Å². The summed E-state index contributed by atoms with van der Waals surface area (Å²) in [5.74, 6) is -0.363. The highest BCUT2D eigenvalue weighted by Crippen LogP contribution is 2.74. The Labute approximate surface area is 131 Å². The minimum Gasteiger partial charge on any atom is -0.462 e. The zero-order valence-electron chi connectivity index (χ0n) is 13.8. The van der Waals surface area contributed by atoms with E-state index in [2.05, 4.69) is 13.8 Å². The summed E-state index contributed by atoms with van der Waals surface area (Å²) in [7, 11) is 0. The lowest BCUT2D eigenvalue weighted by Crippen LogP contribution is -2.78. The normalized spacial score (nSPS) is 62.1. The van der Waals surface area contributed by atoms with Crippen LogP contribution in [-0.2, 0) is 14.3 Å². The first-order valence-electron chi connectivity index (χ1n) is 8.34. The second kappa shape index (κ2) is 3.87. The van der Waals surface area contributed by atoms with E-state index in [0.29, 0.717) is 19.3 Å². The molecule has 5 fully saturated rings. The minimum absolute atomic E-state index is 0.0587. The van der Waals surface area contributed by atoms with Crippen LogP contribution in [0.15, 0.2) is 0 Å². The molecule has 5 heteroatoms. The first-order valence-corrected chi connectivity index (χ1v) is 8.34. The first-order chi connectivity index (χ1) is 10.1. The minimum atomic E-state index is -1.04. The van der Waals surface area contributed by atoms with E-state index in [-0.39, 0.29) is 35.6 Å². The van der Waals surface area contributed by atoms with Gasteiger partial charge in [-0.05, 0) is 26.2 Å². The highest BCUT2D eigenvalue weighted by Gasteiger charge is 2.82. The van der Waals surface area contributed by atoms with Crippen molar-refractivity contribution >= 4 is 5.97 Å². The lowest BCUT2D eigenvalue weighted by atomic mass is 9.40. The fourth-order valence-corrected chi connectivity index (χ4v) is 6.23. The van der Waals surface area contributed by atoms with Gasteiger partial charge in [0.15, 0.2) is 0 Å². The van der Waals surface area contributed by atoms with E-state index in [0.717, 1.165) is 6.42 Å². The third-order valence-electron chi connectivity index (χ3n) is 7.78. The van der Waals surface area contributed by atoms with Crippen LogP contribution < -0.4 is 0 Å². The molecular formula is C17H26O5. The molecule has 3 saturated carbocycles. The van der Waals surface area contributed by atoms with Crippen LogP contribution in [0, 0.1) is 16.7 Å². The molecule has 0 spiro atoms. The lowest BCUT2D eigenvalue weighted by molar-refractivity contribution is -0.367. The van der Waals surface area contributed by atoms with Gasteiger partial charge in [-0.1, -0.05) is 13.8 Å². The van der Waals surface area contributed by atoms with E-state index >= 15 is 0 Å². The molecule has 0 amide bonds.